The fourth-order valence-electron chi connectivity index (χ4n) is 2.07. The number of anilines is 1. The van der Waals surface area contributed by atoms with Crippen LogP contribution in [0.25, 0.3) is 0 Å². The van der Waals surface area contributed by atoms with E-state index >= 15 is 0 Å². The Bertz CT molecular complexity index is 824. The van der Waals surface area contributed by atoms with Gasteiger partial charge in [-0.1, -0.05) is 17.7 Å². The van der Waals surface area contributed by atoms with Crippen molar-refractivity contribution in [2.24, 2.45) is 5.10 Å². The molecule has 0 aliphatic carbocycles. The van der Waals surface area contributed by atoms with Crippen LogP contribution >= 0.6 is 11.6 Å². The van der Waals surface area contributed by atoms with Crippen LogP contribution in [0.3, 0.4) is 0 Å². The lowest BCUT2D eigenvalue weighted by molar-refractivity contribution is -0.126. The van der Waals surface area contributed by atoms with Crippen LogP contribution in [0.2, 0.25) is 5.02 Å². The van der Waals surface area contributed by atoms with Crippen LogP contribution in [0.5, 0.6) is 11.5 Å². The van der Waals surface area contributed by atoms with E-state index in [1.54, 1.807) is 49.6 Å². The molecular weight excluding hydrogens is 358 g/mol. The Morgan fingerprint density at radius 3 is 2.62 bits per heavy atom. The highest BCUT2D eigenvalue weighted by Gasteiger charge is 2.09. The van der Waals surface area contributed by atoms with Crippen LogP contribution in [0.4, 0.5) is 5.69 Å². The van der Waals surface area contributed by atoms with Gasteiger partial charge < -0.3 is 14.8 Å². The molecule has 0 saturated heterocycles. The summed E-state index contributed by atoms with van der Waals surface area (Å²) in [6.07, 6.45) is 1.03. The van der Waals surface area contributed by atoms with Gasteiger partial charge in [-0.25, -0.2) is 5.43 Å². The number of hydrogen-bond donors (Lipinski definition) is 2. The molecule has 0 aliphatic rings. The highest BCUT2D eigenvalue weighted by Crippen LogP contribution is 2.22. The molecule has 0 aromatic heterocycles. The van der Waals surface area contributed by atoms with E-state index < -0.39 is 11.8 Å². The Morgan fingerprint density at radius 2 is 1.92 bits per heavy atom. The van der Waals surface area contributed by atoms with E-state index in [-0.39, 0.29) is 6.42 Å². The minimum absolute atomic E-state index is 0.376. The van der Waals surface area contributed by atoms with Gasteiger partial charge in [0.05, 0.1) is 20.4 Å². The number of carbonyl (C=O) groups excluding carboxylic acids is 2. The maximum absolute atomic E-state index is 11.8. The lowest BCUT2D eigenvalue weighted by Gasteiger charge is -2.07. The average Bonchev–Trinajstić information content (AvgIpc) is 2.61. The molecule has 2 amide bonds. The van der Waals surface area contributed by atoms with Crippen molar-refractivity contribution in [1.29, 1.82) is 0 Å². The van der Waals surface area contributed by atoms with Crippen LogP contribution in [0, 0.1) is 0 Å². The zero-order valence-electron chi connectivity index (χ0n) is 14.3. The molecule has 0 heterocycles. The van der Waals surface area contributed by atoms with E-state index in [1.807, 2.05) is 0 Å². The predicted octanol–water partition coefficient (Wildman–Crippen LogP) is 2.84. The molecule has 0 aliphatic heterocycles. The SMILES string of the molecule is COc1ccc(OC)c(C=NNC(=O)CC(=O)Nc2cccc(Cl)c2)c1. The van der Waals surface area contributed by atoms with Crippen LogP contribution in [-0.2, 0) is 9.59 Å². The molecule has 0 radical (unpaired) electrons. The number of hydrazone groups is 1. The van der Waals surface area contributed by atoms with Gasteiger partial charge in [0.15, 0.2) is 0 Å². The van der Waals surface area contributed by atoms with Gasteiger partial charge in [0.2, 0.25) is 11.8 Å². The van der Waals surface area contributed by atoms with Gasteiger partial charge in [0.1, 0.15) is 17.9 Å². The van der Waals surface area contributed by atoms with Crippen molar-refractivity contribution in [3.8, 4) is 11.5 Å². The van der Waals surface area contributed by atoms with Gasteiger partial charge in [0, 0.05) is 16.3 Å². The molecule has 2 aromatic rings. The normalized spacial score (nSPS) is 10.4. The Kier molecular flexibility index (Phi) is 6.99. The Hall–Kier alpha value is -3.06. The van der Waals surface area contributed by atoms with Crippen molar-refractivity contribution in [1.82, 2.24) is 5.43 Å². The molecule has 0 bridgehead atoms. The van der Waals surface area contributed by atoms with Crippen LogP contribution in [0.15, 0.2) is 47.6 Å². The zero-order chi connectivity index (χ0) is 18.9. The summed E-state index contributed by atoms with van der Waals surface area (Å²) in [6, 6.07) is 11.8. The van der Waals surface area contributed by atoms with Gasteiger partial charge in [-0.3, -0.25) is 9.59 Å². The van der Waals surface area contributed by atoms with Gasteiger partial charge >= 0.3 is 0 Å². The molecule has 2 aromatic carbocycles. The van der Waals surface area contributed by atoms with Crippen molar-refractivity contribution < 1.29 is 19.1 Å². The van der Waals surface area contributed by atoms with Crippen molar-refractivity contribution in [2.45, 2.75) is 6.42 Å². The van der Waals surface area contributed by atoms with E-state index in [9.17, 15) is 9.59 Å². The summed E-state index contributed by atoms with van der Waals surface area (Å²) in [5.74, 6) is 0.170. The number of ether oxygens (including phenoxy) is 2. The van der Waals surface area contributed by atoms with E-state index in [0.717, 1.165) is 0 Å². The number of methoxy groups -OCH3 is 2. The van der Waals surface area contributed by atoms with Crippen molar-refractivity contribution >= 4 is 35.3 Å². The van der Waals surface area contributed by atoms with Crippen molar-refractivity contribution in [3.05, 3.63) is 53.1 Å². The second kappa shape index (κ2) is 9.43. The molecule has 7 nitrogen and oxygen atoms in total. The van der Waals surface area contributed by atoms with Crippen molar-refractivity contribution in [2.75, 3.05) is 19.5 Å². The number of hydrogen-bond acceptors (Lipinski definition) is 5. The second-order valence-electron chi connectivity index (χ2n) is 5.14. The molecule has 0 atom stereocenters. The smallest absolute Gasteiger partial charge is 0.249 e. The lowest BCUT2D eigenvalue weighted by atomic mass is 10.2. The number of benzene rings is 2. The summed E-state index contributed by atoms with van der Waals surface area (Å²) >= 11 is 5.84. The topological polar surface area (TPSA) is 89.0 Å². The number of nitrogens with one attached hydrogen (secondary N) is 2. The second-order valence-corrected chi connectivity index (χ2v) is 5.57. The van der Waals surface area contributed by atoms with Gasteiger partial charge in [-0.15, -0.1) is 0 Å². The first-order chi connectivity index (χ1) is 12.5. The minimum atomic E-state index is -0.553. The first-order valence-corrected chi connectivity index (χ1v) is 7.99. The lowest BCUT2D eigenvalue weighted by Crippen LogP contribution is -2.24. The Balaban J connectivity index is 1.90. The number of halogens is 1. The molecule has 0 fully saturated rings. The maximum atomic E-state index is 11.8. The standard InChI is InChI=1S/C18H18ClN3O4/c1-25-15-6-7-16(26-2)12(8-15)11-20-22-18(24)10-17(23)21-14-5-3-4-13(19)9-14/h3-9,11H,10H2,1-2H3,(H,21,23)(H,22,24). The molecule has 136 valence electrons. The third-order valence-corrected chi connectivity index (χ3v) is 3.49. The van der Waals surface area contributed by atoms with E-state index in [2.05, 4.69) is 15.8 Å². The average molecular weight is 376 g/mol. The summed E-state index contributed by atoms with van der Waals surface area (Å²) in [4.78, 5) is 23.7. The van der Waals surface area contributed by atoms with Crippen LogP contribution in [0.1, 0.15) is 12.0 Å². The fourth-order valence-corrected chi connectivity index (χ4v) is 2.26. The largest absolute Gasteiger partial charge is 0.497 e. The van der Waals surface area contributed by atoms with Crippen LogP contribution < -0.4 is 20.2 Å². The van der Waals surface area contributed by atoms with E-state index in [1.165, 1.54) is 13.3 Å². The minimum Gasteiger partial charge on any atom is -0.497 e. The van der Waals surface area contributed by atoms with Gasteiger partial charge in [-0.05, 0) is 36.4 Å². The number of rotatable bonds is 7. The summed E-state index contributed by atoms with van der Waals surface area (Å²) in [7, 11) is 3.07. The van der Waals surface area contributed by atoms with Crippen molar-refractivity contribution in [3.63, 3.8) is 0 Å². The number of carbonyl (C=O) groups is 2. The number of nitrogens with zero attached hydrogens (tertiary/aromatic N) is 1. The molecular formula is C18H18ClN3O4. The quantitative estimate of drug-likeness (QED) is 0.442. The molecule has 2 N–H and O–H groups in total. The van der Waals surface area contributed by atoms with Crippen LogP contribution in [-0.4, -0.2) is 32.2 Å². The Morgan fingerprint density at radius 1 is 1.12 bits per heavy atom. The maximum Gasteiger partial charge on any atom is 0.249 e. The summed E-state index contributed by atoms with van der Waals surface area (Å²) in [5, 5.41) is 6.91. The summed E-state index contributed by atoms with van der Waals surface area (Å²) < 4.78 is 10.3. The van der Waals surface area contributed by atoms with E-state index in [4.69, 9.17) is 21.1 Å². The van der Waals surface area contributed by atoms with Gasteiger partial charge in [-0.2, -0.15) is 5.10 Å². The molecule has 0 spiro atoms. The molecule has 26 heavy (non-hydrogen) atoms. The van der Waals surface area contributed by atoms with Gasteiger partial charge in [0.25, 0.3) is 0 Å². The Labute approximate surface area is 155 Å². The monoisotopic (exact) mass is 375 g/mol. The third kappa shape index (κ3) is 5.78. The first-order valence-electron chi connectivity index (χ1n) is 7.61. The first kappa shape index (κ1) is 19.3. The molecule has 8 heteroatoms. The fraction of sp³-hybridized carbons (Fsp3) is 0.167. The third-order valence-electron chi connectivity index (χ3n) is 3.26. The highest BCUT2D eigenvalue weighted by atomic mass is 35.5. The number of amides is 2. The highest BCUT2D eigenvalue weighted by molar-refractivity contribution is 6.30. The molecule has 0 unspecified atom stereocenters. The molecule has 0 saturated carbocycles. The summed E-state index contributed by atoms with van der Waals surface area (Å²) in [5.41, 5.74) is 3.43. The van der Waals surface area contributed by atoms with E-state index in [0.29, 0.717) is 27.8 Å². The predicted molar refractivity (Wildman–Crippen MR) is 100.0 cm³/mol. The molecule has 2 rings (SSSR count). The zero-order valence-corrected chi connectivity index (χ0v) is 15.0. The summed E-state index contributed by atoms with van der Waals surface area (Å²) in [6.45, 7) is 0.